The molecular weight excluding hydrogens is 322 g/mol. The molecule has 2 heterocycles. The summed E-state index contributed by atoms with van der Waals surface area (Å²) in [4.78, 5) is 13.7. The van der Waals surface area contributed by atoms with Gasteiger partial charge in [-0.2, -0.15) is 0 Å². The number of carbonyl (C=O) groups is 1. The van der Waals surface area contributed by atoms with Crippen molar-refractivity contribution >= 4 is 17.5 Å². The van der Waals surface area contributed by atoms with E-state index in [9.17, 15) is 9.90 Å². The van der Waals surface area contributed by atoms with E-state index in [-0.39, 0.29) is 24.4 Å². The molecule has 122 valence electrons. The molecule has 23 heavy (non-hydrogen) atoms. The van der Waals surface area contributed by atoms with Crippen LogP contribution in [0.15, 0.2) is 28.7 Å². The number of likely N-dealkylation sites (tertiary alicyclic amines) is 1. The topological polar surface area (TPSA) is 88.7 Å². The molecule has 1 aromatic carbocycles. The predicted octanol–water partition coefficient (Wildman–Crippen LogP) is 1.69. The van der Waals surface area contributed by atoms with E-state index in [4.69, 9.17) is 20.8 Å². The van der Waals surface area contributed by atoms with Crippen LogP contribution in [0.3, 0.4) is 0 Å². The van der Waals surface area contributed by atoms with Crippen LogP contribution in [0.25, 0.3) is 0 Å². The summed E-state index contributed by atoms with van der Waals surface area (Å²) in [5, 5.41) is 18.2. The highest BCUT2D eigenvalue weighted by atomic mass is 35.5. The number of aliphatic hydroxyl groups is 1. The molecule has 0 unspecified atom stereocenters. The van der Waals surface area contributed by atoms with Gasteiger partial charge in [0.15, 0.2) is 0 Å². The van der Waals surface area contributed by atoms with Crippen molar-refractivity contribution in [1.29, 1.82) is 0 Å². The van der Waals surface area contributed by atoms with Crippen LogP contribution in [-0.2, 0) is 0 Å². The fraction of sp³-hybridized carbons (Fsp3) is 0.400. The summed E-state index contributed by atoms with van der Waals surface area (Å²) in [6, 6.07) is 6.93. The lowest BCUT2D eigenvalue weighted by molar-refractivity contribution is -0.0209. The molecule has 3 rings (SSSR count). The second-order valence-corrected chi connectivity index (χ2v) is 5.78. The molecule has 0 bridgehead atoms. The number of benzene rings is 1. The normalized spacial score (nSPS) is 21.3. The first-order valence-corrected chi connectivity index (χ1v) is 7.60. The highest BCUT2D eigenvalue weighted by Crippen LogP contribution is 2.22. The van der Waals surface area contributed by atoms with Crippen molar-refractivity contribution in [3.05, 3.63) is 41.1 Å². The number of aliphatic hydroxyl groups excluding tert-OH is 1. The van der Waals surface area contributed by atoms with Crippen molar-refractivity contribution in [1.82, 2.24) is 15.1 Å². The Balaban J connectivity index is 1.60. The number of halogens is 1. The van der Waals surface area contributed by atoms with E-state index in [0.29, 0.717) is 29.6 Å². The molecule has 0 radical (unpaired) electrons. The molecule has 1 aliphatic heterocycles. The van der Waals surface area contributed by atoms with Gasteiger partial charge >= 0.3 is 11.8 Å². The van der Waals surface area contributed by atoms with Crippen LogP contribution in [0.2, 0.25) is 5.02 Å². The second-order valence-electron chi connectivity index (χ2n) is 5.34. The predicted molar refractivity (Wildman–Crippen MR) is 81.4 cm³/mol. The molecule has 1 N–H and O–H groups in total. The number of rotatable bonds is 3. The lowest BCUT2D eigenvalue weighted by atomic mass is 10.0. The van der Waals surface area contributed by atoms with Gasteiger partial charge in [0.05, 0.1) is 6.54 Å². The summed E-state index contributed by atoms with van der Waals surface area (Å²) in [6.45, 7) is 2.21. The Hall–Kier alpha value is -2.12. The summed E-state index contributed by atoms with van der Waals surface area (Å²) < 4.78 is 10.9. The van der Waals surface area contributed by atoms with Gasteiger partial charge in [-0.05, 0) is 24.3 Å². The molecule has 1 aromatic heterocycles. The number of aromatic nitrogens is 2. The molecule has 8 heteroatoms. The quantitative estimate of drug-likeness (QED) is 0.916. The number of aryl methyl sites for hydroxylation is 1. The zero-order valence-corrected chi connectivity index (χ0v) is 13.2. The van der Waals surface area contributed by atoms with Crippen LogP contribution in [0, 0.1) is 6.92 Å². The Morgan fingerprint density at radius 1 is 1.39 bits per heavy atom. The first-order chi connectivity index (χ1) is 11.0. The van der Waals surface area contributed by atoms with Gasteiger partial charge in [-0.1, -0.05) is 11.6 Å². The van der Waals surface area contributed by atoms with Crippen LogP contribution in [0.5, 0.6) is 5.75 Å². The number of β-amino-alcohol motifs (C(OH)–C–C–N with tert-alkyl or cyclic N) is 1. The third kappa shape index (κ3) is 3.62. The first kappa shape index (κ1) is 15.8. The largest absolute Gasteiger partial charge is 0.488 e. The Morgan fingerprint density at radius 3 is 2.74 bits per heavy atom. The van der Waals surface area contributed by atoms with E-state index < -0.39 is 6.10 Å². The highest BCUT2D eigenvalue weighted by molar-refractivity contribution is 6.30. The maximum absolute atomic E-state index is 12.2. The number of hydrogen-bond acceptors (Lipinski definition) is 6. The molecule has 2 atom stereocenters. The highest BCUT2D eigenvalue weighted by Gasteiger charge is 2.33. The second kappa shape index (κ2) is 6.55. The minimum atomic E-state index is -0.799. The Labute approximate surface area is 137 Å². The number of carbonyl (C=O) groups excluding carboxylic acids is 1. The van der Waals surface area contributed by atoms with E-state index in [0.717, 1.165) is 0 Å². The Kier molecular flexibility index (Phi) is 4.49. The van der Waals surface area contributed by atoms with Crippen LogP contribution in [0.4, 0.5) is 0 Å². The van der Waals surface area contributed by atoms with Gasteiger partial charge in [-0.25, -0.2) is 0 Å². The average molecular weight is 338 g/mol. The van der Waals surface area contributed by atoms with E-state index in [1.807, 2.05) is 0 Å². The van der Waals surface area contributed by atoms with E-state index in [2.05, 4.69) is 10.2 Å². The van der Waals surface area contributed by atoms with Gasteiger partial charge in [0, 0.05) is 24.9 Å². The van der Waals surface area contributed by atoms with E-state index in [1.54, 1.807) is 31.2 Å². The van der Waals surface area contributed by atoms with Gasteiger partial charge < -0.3 is 19.2 Å². The van der Waals surface area contributed by atoms with Crippen LogP contribution in [0.1, 0.15) is 23.0 Å². The van der Waals surface area contributed by atoms with Crippen molar-refractivity contribution in [3.63, 3.8) is 0 Å². The van der Waals surface area contributed by atoms with Gasteiger partial charge in [0.25, 0.3) is 0 Å². The molecule has 1 aliphatic rings. The van der Waals surface area contributed by atoms with Crippen LogP contribution in [-0.4, -0.2) is 51.4 Å². The molecule has 2 aromatic rings. The van der Waals surface area contributed by atoms with E-state index >= 15 is 0 Å². The monoisotopic (exact) mass is 337 g/mol. The van der Waals surface area contributed by atoms with E-state index in [1.165, 1.54) is 4.90 Å². The molecule has 1 saturated heterocycles. The smallest absolute Gasteiger partial charge is 0.311 e. The number of nitrogens with zero attached hydrogens (tertiary/aromatic N) is 3. The zero-order valence-electron chi connectivity index (χ0n) is 12.5. The average Bonchev–Trinajstić information content (AvgIpc) is 2.97. The molecular formula is C15H16ClN3O4. The lowest BCUT2D eigenvalue weighted by Crippen LogP contribution is -2.51. The molecule has 0 saturated carbocycles. The van der Waals surface area contributed by atoms with Crippen molar-refractivity contribution < 1.29 is 19.1 Å². The van der Waals surface area contributed by atoms with Crippen molar-refractivity contribution in [2.45, 2.75) is 25.6 Å². The van der Waals surface area contributed by atoms with Gasteiger partial charge in [-0.3, -0.25) is 4.79 Å². The Bertz CT molecular complexity index is 688. The number of ether oxygens (including phenoxy) is 1. The van der Waals surface area contributed by atoms with Gasteiger partial charge in [-0.15, -0.1) is 10.2 Å². The van der Waals surface area contributed by atoms with Crippen LogP contribution < -0.4 is 4.74 Å². The standard InChI is InChI=1S/C15H16ClN3O4/c1-9-17-18-14(22-9)15(21)19-7-6-13(12(20)8-19)23-11-4-2-10(16)3-5-11/h2-5,12-13,20H,6-8H2,1H3/t12-,13-/m1/s1. The fourth-order valence-corrected chi connectivity index (χ4v) is 2.56. The zero-order chi connectivity index (χ0) is 16.4. The summed E-state index contributed by atoms with van der Waals surface area (Å²) in [5.74, 6) is 0.516. The SMILES string of the molecule is Cc1nnc(C(=O)N2CC[C@@H](Oc3ccc(Cl)cc3)[C@H](O)C2)o1. The molecule has 1 fully saturated rings. The maximum atomic E-state index is 12.2. The summed E-state index contributed by atoms with van der Waals surface area (Å²) in [6.07, 6.45) is -0.681. The summed E-state index contributed by atoms with van der Waals surface area (Å²) in [5.41, 5.74) is 0. The van der Waals surface area contributed by atoms with Gasteiger partial charge in [0.2, 0.25) is 5.89 Å². The summed E-state index contributed by atoms with van der Waals surface area (Å²) in [7, 11) is 0. The van der Waals surface area contributed by atoms with Crippen molar-refractivity contribution in [2.75, 3.05) is 13.1 Å². The Morgan fingerprint density at radius 2 is 2.13 bits per heavy atom. The molecule has 7 nitrogen and oxygen atoms in total. The number of hydrogen-bond donors (Lipinski definition) is 1. The maximum Gasteiger partial charge on any atom is 0.311 e. The number of amides is 1. The molecule has 1 amide bonds. The third-order valence-corrected chi connectivity index (χ3v) is 3.87. The summed E-state index contributed by atoms with van der Waals surface area (Å²) >= 11 is 5.83. The minimum Gasteiger partial charge on any atom is -0.488 e. The van der Waals surface area contributed by atoms with Crippen molar-refractivity contribution in [2.24, 2.45) is 0 Å². The van der Waals surface area contributed by atoms with Crippen LogP contribution >= 0.6 is 11.6 Å². The minimum absolute atomic E-state index is 0.0632. The van der Waals surface area contributed by atoms with Gasteiger partial charge in [0.1, 0.15) is 18.0 Å². The fourth-order valence-electron chi connectivity index (χ4n) is 2.44. The first-order valence-electron chi connectivity index (χ1n) is 7.22. The third-order valence-electron chi connectivity index (χ3n) is 3.62. The van der Waals surface area contributed by atoms with Crippen molar-refractivity contribution in [3.8, 4) is 5.75 Å². The molecule has 0 aliphatic carbocycles. The number of piperidine rings is 1. The lowest BCUT2D eigenvalue weighted by Gasteiger charge is -2.35. The molecule has 0 spiro atoms.